The van der Waals surface area contributed by atoms with Crippen molar-refractivity contribution >= 4 is 33.6 Å². The lowest BCUT2D eigenvalue weighted by Gasteiger charge is -2.27. The van der Waals surface area contributed by atoms with Gasteiger partial charge in [0.2, 0.25) is 5.76 Å². The van der Waals surface area contributed by atoms with E-state index in [9.17, 15) is 31.8 Å². The van der Waals surface area contributed by atoms with Crippen molar-refractivity contribution in [2.75, 3.05) is 4.31 Å². The van der Waals surface area contributed by atoms with E-state index in [2.05, 4.69) is 9.68 Å². The van der Waals surface area contributed by atoms with Gasteiger partial charge < -0.3 is 9.63 Å². The number of halogens is 3. The SMILES string of the molecule is CCC1C(c2ccccc2)C1(C(=O)O)N(c1ccc(-c2cc(C(F)(F)F)on2)s1)S(=O)O. The zero-order valence-electron chi connectivity index (χ0n) is 16.4. The van der Waals surface area contributed by atoms with Crippen LogP contribution in [0.1, 0.15) is 30.6 Å². The Kier molecular flexibility index (Phi) is 5.63. The number of rotatable bonds is 7. The van der Waals surface area contributed by atoms with Gasteiger partial charge in [-0.3, -0.25) is 4.55 Å². The van der Waals surface area contributed by atoms with Gasteiger partial charge in [0.25, 0.3) is 11.3 Å². The Morgan fingerprint density at radius 3 is 2.50 bits per heavy atom. The summed E-state index contributed by atoms with van der Waals surface area (Å²) in [5.74, 6) is -3.52. The van der Waals surface area contributed by atoms with E-state index in [1.165, 1.54) is 12.1 Å². The molecule has 1 aliphatic rings. The maximum atomic E-state index is 12.8. The van der Waals surface area contributed by atoms with Crippen LogP contribution in [0.25, 0.3) is 10.6 Å². The largest absolute Gasteiger partial charge is 0.479 e. The summed E-state index contributed by atoms with van der Waals surface area (Å²) in [5.41, 5.74) is -1.07. The van der Waals surface area contributed by atoms with Gasteiger partial charge >= 0.3 is 12.1 Å². The van der Waals surface area contributed by atoms with Gasteiger partial charge in [-0.05, 0) is 24.1 Å². The molecule has 0 aliphatic heterocycles. The highest BCUT2D eigenvalue weighted by Gasteiger charge is 2.74. The highest BCUT2D eigenvalue weighted by Crippen LogP contribution is 2.64. The van der Waals surface area contributed by atoms with E-state index < -0.39 is 46.5 Å². The van der Waals surface area contributed by atoms with Gasteiger partial charge in [0.15, 0.2) is 5.54 Å². The average Bonchev–Trinajstić information content (AvgIpc) is 3.07. The van der Waals surface area contributed by atoms with E-state index in [1.54, 1.807) is 37.3 Å². The van der Waals surface area contributed by atoms with Gasteiger partial charge in [0.05, 0.1) is 4.88 Å². The molecule has 4 unspecified atom stereocenters. The van der Waals surface area contributed by atoms with E-state index in [1.807, 2.05) is 0 Å². The minimum Gasteiger partial charge on any atom is -0.479 e. The standard InChI is InChI=1S/C20H17F3N2O5S2/c1-2-12-17(11-6-4-3-5-7-11)19(12,18(26)27)25(32(28)29)16-9-8-14(31-16)13-10-15(30-24-13)20(21,22)23/h3-10,12,17H,2H2,1H3,(H,26,27)(H,28,29). The fourth-order valence-electron chi connectivity index (χ4n) is 4.28. The first kappa shape index (κ1) is 22.5. The molecule has 0 bridgehead atoms. The van der Waals surface area contributed by atoms with Crippen molar-refractivity contribution in [3.05, 3.63) is 59.9 Å². The molecule has 0 saturated heterocycles. The van der Waals surface area contributed by atoms with Crippen LogP contribution in [0.4, 0.5) is 18.2 Å². The van der Waals surface area contributed by atoms with Gasteiger partial charge in [-0.2, -0.15) is 13.2 Å². The van der Waals surface area contributed by atoms with E-state index >= 15 is 0 Å². The highest BCUT2D eigenvalue weighted by molar-refractivity contribution is 7.81. The molecule has 4 atom stereocenters. The lowest BCUT2D eigenvalue weighted by atomic mass is 10.1. The molecule has 32 heavy (non-hydrogen) atoms. The summed E-state index contributed by atoms with van der Waals surface area (Å²) in [6.07, 6.45) is -4.27. The van der Waals surface area contributed by atoms with Crippen molar-refractivity contribution in [2.24, 2.45) is 5.92 Å². The molecule has 12 heteroatoms. The van der Waals surface area contributed by atoms with Gasteiger partial charge in [-0.1, -0.05) is 42.4 Å². The van der Waals surface area contributed by atoms with Crippen LogP contribution >= 0.6 is 11.3 Å². The van der Waals surface area contributed by atoms with E-state index in [0.717, 1.165) is 27.3 Å². The van der Waals surface area contributed by atoms with Gasteiger partial charge in [-0.25, -0.2) is 13.3 Å². The summed E-state index contributed by atoms with van der Waals surface area (Å²) in [7, 11) is 0. The molecule has 7 nitrogen and oxygen atoms in total. The summed E-state index contributed by atoms with van der Waals surface area (Å²) in [6.45, 7) is 1.80. The Hall–Kier alpha value is -2.70. The number of aromatic nitrogens is 1. The second-order valence-electron chi connectivity index (χ2n) is 7.27. The second-order valence-corrected chi connectivity index (χ2v) is 9.16. The number of anilines is 1. The molecular formula is C20H17F3N2O5S2. The zero-order chi connectivity index (χ0) is 23.3. The molecule has 1 fully saturated rings. The third-order valence-electron chi connectivity index (χ3n) is 5.60. The van der Waals surface area contributed by atoms with Crippen LogP contribution in [0.2, 0.25) is 0 Å². The van der Waals surface area contributed by atoms with Crippen LogP contribution in [-0.2, 0) is 22.2 Å². The second kappa shape index (κ2) is 8.01. The fourth-order valence-corrected chi connectivity index (χ4v) is 6.32. The van der Waals surface area contributed by atoms with Crippen molar-refractivity contribution in [3.63, 3.8) is 0 Å². The molecule has 170 valence electrons. The number of alkyl halides is 3. The third kappa shape index (κ3) is 3.51. The number of carboxylic acid groups (broad SMARTS) is 1. The first-order valence-electron chi connectivity index (χ1n) is 9.46. The number of carbonyl (C=O) groups is 1. The summed E-state index contributed by atoms with van der Waals surface area (Å²) in [5, 5.41) is 13.7. The minimum absolute atomic E-state index is 0.107. The maximum absolute atomic E-state index is 12.8. The molecule has 1 saturated carbocycles. The Balaban J connectivity index is 1.76. The van der Waals surface area contributed by atoms with Crippen LogP contribution in [-0.4, -0.2) is 30.5 Å². The number of benzene rings is 1. The minimum atomic E-state index is -4.71. The van der Waals surface area contributed by atoms with Crippen LogP contribution in [0, 0.1) is 5.92 Å². The highest BCUT2D eigenvalue weighted by atomic mass is 32.2. The fraction of sp³-hybridized carbons (Fsp3) is 0.300. The number of thiophene rings is 1. The number of hydrogen-bond donors (Lipinski definition) is 2. The monoisotopic (exact) mass is 486 g/mol. The predicted molar refractivity (Wildman–Crippen MR) is 111 cm³/mol. The molecule has 2 N–H and O–H groups in total. The van der Waals surface area contributed by atoms with E-state index in [0.29, 0.717) is 6.42 Å². The molecule has 0 amide bonds. The summed E-state index contributed by atoms with van der Waals surface area (Å²) in [6, 6.07) is 12.4. The zero-order valence-corrected chi connectivity index (χ0v) is 18.1. The number of hydrogen-bond acceptors (Lipinski definition) is 5. The third-order valence-corrected chi connectivity index (χ3v) is 7.62. The Labute approximate surface area is 186 Å². The van der Waals surface area contributed by atoms with Gasteiger partial charge in [0, 0.05) is 17.9 Å². The molecule has 4 rings (SSSR count). The Bertz CT molecular complexity index is 1160. The number of carboxylic acids is 1. The molecular weight excluding hydrogens is 469 g/mol. The molecule has 1 aromatic carbocycles. The predicted octanol–water partition coefficient (Wildman–Crippen LogP) is 5.01. The van der Waals surface area contributed by atoms with Crippen molar-refractivity contribution in [1.82, 2.24) is 5.16 Å². The van der Waals surface area contributed by atoms with Crippen molar-refractivity contribution in [3.8, 4) is 10.6 Å². The smallest absolute Gasteiger partial charge is 0.452 e. The van der Waals surface area contributed by atoms with E-state index in [4.69, 9.17) is 0 Å². The van der Waals surface area contributed by atoms with Crippen LogP contribution in [0.15, 0.2) is 53.1 Å². The summed E-state index contributed by atoms with van der Waals surface area (Å²) >= 11 is -1.85. The molecule has 0 radical (unpaired) electrons. The van der Waals surface area contributed by atoms with Crippen molar-refractivity contribution in [2.45, 2.75) is 31.0 Å². The number of aliphatic carboxylic acids is 1. The lowest BCUT2D eigenvalue weighted by molar-refractivity contribution is -0.155. The molecule has 2 heterocycles. The molecule has 3 aromatic rings. The maximum Gasteiger partial charge on any atom is 0.452 e. The molecule has 0 spiro atoms. The first-order valence-corrected chi connectivity index (χ1v) is 11.3. The molecule has 2 aromatic heterocycles. The Morgan fingerprint density at radius 1 is 1.28 bits per heavy atom. The van der Waals surface area contributed by atoms with Gasteiger partial charge in [0.1, 0.15) is 10.7 Å². The van der Waals surface area contributed by atoms with Crippen LogP contribution in [0.5, 0.6) is 0 Å². The van der Waals surface area contributed by atoms with Crippen molar-refractivity contribution in [1.29, 1.82) is 0 Å². The van der Waals surface area contributed by atoms with E-state index in [-0.39, 0.29) is 15.6 Å². The summed E-state index contributed by atoms with van der Waals surface area (Å²) in [4.78, 5) is 12.7. The lowest BCUT2D eigenvalue weighted by Crippen LogP contribution is -2.47. The van der Waals surface area contributed by atoms with Crippen LogP contribution < -0.4 is 4.31 Å². The molecule has 1 aliphatic carbocycles. The van der Waals surface area contributed by atoms with Gasteiger partial charge in [-0.15, -0.1) is 11.3 Å². The number of nitrogens with zero attached hydrogens (tertiary/aromatic N) is 2. The quantitative estimate of drug-likeness (QED) is 0.455. The van der Waals surface area contributed by atoms with Crippen LogP contribution in [0.3, 0.4) is 0 Å². The first-order chi connectivity index (χ1) is 15.1. The van der Waals surface area contributed by atoms with Crippen molar-refractivity contribution < 1.29 is 36.4 Å². The Morgan fingerprint density at radius 2 is 1.97 bits per heavy atom. The normalized spacial score (nSPS) is 23.7. The summed E-state index contributed by atoms with van der Waals surface area (Å²) < 4.78 is 66.3. The topological polar surface area (TPSA) is 104 Å². The average molecular weight is 486 g/mol.